The van der Waals surface area contributed by atoms with E-state index in [9.17, 15) is 9.59 Å². The number of carbonyl (C=O) groups excluding carboxylic acids is 2. The summed E-state index contributed by atoms with van der Waals surface area (Å²) >= 11 is 0. The first-order chi connectivity index (χ1) is 12.5. The third-order valence-electron chi connectivity index (χ3n) is 4.36. The van der Waals surface area contributed by atoms with E-state index in [4.69, 9.17) is 4.52 Å². The molecule has 1 aromatic carbocycles. The monoisotopic (exact) mass is 357 g/mol. The molecule has 138 valence electrons. The molecule has 2 amide bonds. The molecule has 1 fully saturated rings. The van der Waals surface area contributed by atoms with Gasteiger partial charge < -0.3 is 4.52 Å². The van der Waals surface area contributed by atoms with Gasteiger partial charge in [-0.3, -0.25) is 20.4 Å². The third-order valence-corrected chi connectivity index (χ3v) is 4.36. The van der Waals surface area contributed by atoms with Crippen LogP contribution in [-0.4, -0.2) is 23.0 Å². The molecule has 26 heavy (non-hydrogen) atoms. The molecule has 8 nitrogen and oxygen atoms in total. The van der Waals surface area contributed by atoms with Crippen LogP contribution >= 0.6 is 0 Å². The van der Waals surface area contributed by atoms with E-state index in [1.807, 2.05) is 44.2 Å². The Hall–Kier alpha value is -2.71. The lowest BCUT2D eigenvalue weighted by Crippen LogP contribution is -2.50. The molecule has 2 atom stereocenters. The fourth-order valence-corrected chi connectivity index (χ4v) is 2.96. The average molecular weight is 357 g/mol. The molecule has 2 aromatic rings. The van der Waals surface area contributed by atoms with Crippen molar-refractivity contribution in [3.63, 3.8) is 0 Å². The van der Waals surface area contributed by atoms with Crippen LogP contribution in [0.15, 0.2) is 34.9 Å². The molecule has 2 unspecified atom stereocenters. The van der Waals surface area contributed by atoms with Crippen molar-refractivity contribution in [3.8, 4) is 0 Å². The van der Waals surface area contributed by atoms with Crippen LogP contribution in [0.2, 0.25) is 0 Å². The molecule has 4 N–H and O–H groups in total. The van der Waals surface area contributed by atoms with Gasteiger partial charge in [-0.25, -0.2) is 10.9 Å². The zero-order chi connectivity index (χ0) is 18.7. The number of benzene rings is 1. The first-order valence-electron chi connectivity index (χ1n) is 8.59. The molecule has 0 radical (unpaired) electrons. The summed E-state index contributed by atoms with van der Waals surface area (Å²) in [6.45, 7) is 5.51. The number of hydrazine groups is 2. The Morgan fingerprint density at radius 2 is 1.92 bits per heavy atom. The van der Waals surface area contributed by atoms with Gasteiger partial charge in [-0.05, 0) is 18.9 Å². The van der Waals surface area contributed by atoms with Gasteiger partial charge in [-0.2, -0.15) is 0 Å². The minimum Gasteiger partial charge on any atom is -0.360 e. The molecule has 0 aliphatic carbocycles. The van der Waals surface area contributed by atoms with Gasteiger partial charge in [0.2, 0.25) is 0 Å². The number of rotatable bonds is 4. The van der Waals surface area contributed by atoms with Crippen LogP contribution in [0, 0.1) is 6.92 Å². The predicted octanol–water partition coefficient (Wildman–Crippen LogP) is 1.48. The SMILES string of the molecule is Cc1noc(C(C)C)c1C(=O)NNC(=O)C1CC(c2ccccc2)NN1. The summed E-state index contributed by atoms with van der Waals surface area (Å²) in [4.78, 5) is 24.7. The molecule has 3 rings (SSSR count). The molecule has 8 heteroatoms. The maximum absolute atomic E-state index is 12.4. The first kappa shape index (κ1) is 18.1. The number of nitrogens with one attached hydrogen (secondary N) is 4. The van der Waals surface area contributed by atoms with E-state index in [-0.39, 0.29) is 17.9 Å². The van der Waals surface area contributed by atoms with Gasteiger partial charge in [0.1, 0.15) is 11.6 Å². The zero-order valence-corrected chi connectivity index (χ0v) is 15.0. The van der Waals surface area contributed by atoms with E-state index in [1.54, 1.807) is 6.92 Å². The summed E-state index contributed by atoms with van der Waals surface area (Å²) in [7, 11) is 0. The normalized spacial score (nSPS) is 19.5. The van der Waals surface area contributed by atoms with Crippen molar-refractivity contribution in [2.75, 3.05) is 0 Å². The fraction of sp³-hybridized carbons (Fsp3) is 0.389. The average Bonchev–Trinajstić information content (AvgIpc) is 3.27. The highest BCUT2D eigenvalue weighted by atomic mass is 16.5. The highest BCUT2D eigenvalue weighted by Crippen LogP contribution is 2.23. The van der Waals surface area contributed by atoms with Crippen molar-refractivity contribution < 1.29 is 14.1 Å². The first-order valence-corrected chi connectivity index (χ1v) is 8.59. The van der Waals surface area contributed by atoms with Crippen molar-refractivity contribution in [1.29, 1.82) is 0 Å². The Labute approximate surface area is 151 Å². The van der Waals surface area contributed by atoms with Gasteiger partial charge in [0.05, 0.1) is 5.69 Å². The predicted molar refractivity (Wildman–Crippen MR) is 94.8 cm³/mol. The Bertz CT molecular complexity index is 787. The van der Waals surface area contributed by atoms with E-state index < -0.39 is 11.9 Å². The lowest BCUT2D eigenvalue weighted by Gasteiger charge is -2.12. The summed E-state index contributed by atoms with van der Waals surface area (Å²) in [6.07, 6.45) is 0.579. The zero-order valence-electron chi connectivity index (χ0n) is 15.0. The number of aromatic nitrogens is 1. The molecule has 2 heterocycles. The third kappa shape index (κ3) is 3.76. The molecular formula is C18H23N5O3. The molecule has 0 saturated carbocycles. The Morgan fingerprint density at radius 1 is 1.19 bits per heavy atom. The number of hydrogen-bond acceptors (Lipinski definition) is 6. The number of aryl methyl sites for hydroxylation is 1. The largest absolute Gasteiger partial charge is 0.360 e. The second-order valence-corrected chi connectivity index (χ2v) is 6.65. The summed E-state index contributed by atoms with van der Waals surface area (Å²) in [6, 6.07) is 9.46. The Kier molecular flexibility index (Phi) is 5.34. The molecule has 1 aromatic heterocycles. The van der Waals surface area contributed by atoms with E-state index in [1.165, 1.54) is 0 Å². The van der Waals surface area contributed by atoms with Crippen LogP contribution in [0.25, 0.3) is 0 Å². The van der Waals surface area contributed by atoms with Crippen LogP contribution in [0.5, 0.6) is 0 Å². The number of nitrogens with zero attached hydrogens (tertiary/aromatic N) is 1. The molecule has 0 spiro atoms. The highest BCUT2D eigenvalue weighted by Gasteiger charge is 2.30. The van der Waals surface area contributed by atoms with Gasteiger partial charge in [-0.1, -0.05) is 49.3 Å². The van der Waals surface area contributed by atoms with Crippen molar-refractivity contribution in [3.05, 3.63) is 52.9 Å². The van der Waals surface area contributed by atoms with E-state index in [0.717, 1.165) is 5.56 Å². The molecular weight excluding hydrogens is 334 g/mol. The number of hydrogen-bond donors (Lipinski definition) is 4. The highest BCUT2D eigenvalue weighted by molar-refractivity contribution is 5.97. The van der Waals surface area contributed by atoms with E-state index in [0.29, 0.717) is 23.4 Å². The van der Waals surface area contributed by atoms with Crippen LogP contribution in [0.3, 0.4) is 0 Å². The fourth-order valence-electron chi connectivity index (χ4n) is 2.96. The van der Waals surface area contributed by atoms with Gasteiger partial charge in [0.15, 0.2) is 5.76 Å². The summed E-state index contributed by atoms with van der Waals surface area (Å²) < 4.78 is 5.20. The van der Waals surface area contributed by atoms with E-state index in [2.05, 4.69) is 26.9 Å². The second-order valence-electron chi connectivity index (χ2n) is 6.65. The maximum Gasteiger partial charge on any atom is 0.275 e. The van der Waals surface area contributed by atoms with Gasteiger partial charge in [-0.15, -0.1) is 0 Å². The van der Waals surface area contributed by atoms with Gasteiger partial charge >= 0.3 is 0 Å². The van der Waals surface area contributed by atoms with Crippen molar-refractivity contribution >= 4 is 11.8 Å². The van der Waals surface area contributed by atoms with Crippen LogP contribution in [-0.2, 0) is 4.79 Å². The van der Waals surface area contributed by atoms with Crippen molar-refractivity contribution in [2.24, 2.45) is 0 Å². The molecule has 0 bridgehead atoms. The summed E-state index contributed by atoms with van der Waals surface area (Å²) in [5, 5.41) is 3.84. The number of carbonyl (C=O) groups is 2. The lowest BCUT2D eigenvalue weighted by molar-refractivity contribution is -0.123. The Morgan fingerprint density at radius 3 is 2.62 bits per heavy atom. The summed E-state index contributed by atoms with van der Waals surface area (Å²) in [5.74, 6) is -0.241. The summed E-state index contributed by atoms with van der Waals surface area (Å²) in [5.41, 5.74) is 12.9. The van der Waals surface area contributed by atoms with Crippen molar-refractivity contribution in [1.82, 2.24) is 26.9 Å². The molecule has 1 aliphatic heterocycles. The Balaban J connectivity index is 1.56. The standard InChI is InChI=1S/C18H23N5O3/c1-10(2)16-15(11(3)23-26-16)18(25)22-21-17(24)14-9-13(19-20-14)12-7-5-4-6-8-12/h4-8,10,13-14,19-20H,9H2,1-3H3,(H,21,24)(H,22,25). The number of amides is 2. The maximum atomic E-state index is 12.4. The van der Waals surface area contributed by atoms with Gasteiger partial charge in [0.25, 0.3) is 11.8 Å². The van der Waals surface area contributed by atoms with Gasteiger partial charge in [0, 0.05) is 12.0 Å². The lowest BCUT2D eigenvalue weighted by atomic mass is 10.0. The molecule has 1 saturated heterocycles. The van der Waals surface area contributed by atoms with Crippen LogP contribution < -0.4 is 21.7 Å². The smallest absolute Gasteiger partial charge is 0.275 e. The quantitative estimate of drug-likeness (QED) is 0.617. The van der Waals surface area contributed by atoms with Crippen LogP contribution in [0.4, 0.5) is 0 Å². The van der Waals surface area contributed by atoms with Crippen molar-refractivity contribution in [2.45, 2.75) is 45.2 Å². The minimum atomic E-state index is -0.450. The van der Waals surface area contributed by atoms with Crippen LogP contribution in [0.1, 0.15) is 59.6 Å². The topological polar surface area (TPSA) is 108 Å². The van der Waals surface area contributed by atoms with E-state index >= 15 is 0 Å². The second kappa shape index (κ2) is 7.67. The minimum absolute atomic E-state index is 0.0139. The molecule has 1 aliphatic rings.